The van der Waals surface area contributed by atoms with Crippen LogP contribution in [0.25, 0.3) is 0 Å². The first-order valence-electron chi connectivity index (χ1n) is 9.45. The highest BCUT2D eigenvalue weighted by molar-refractivity contribution is 7.99. The van der Waals surface area contributed by atoms with Crippen molar-refractivity contribution in [3.63, 3.8) is 0 Å². The summed E-state index contributed by atoms with van der Waals surface area (Å²) in [6, 6.07) is 2.95. The molecule has 3 rings (SSSR count). The van der Waals surface area contributed by atoms with E-state index in [0.717, 1.165) is 24.3 Å². The maximum absolute atomic E-state index is 12.6. The number of thioether (sulfide) groups is 1. The van der Waals surface area contributed by atoms with Gasteiger partial charge in [-0.15, -0.1) is 11.8 Å². The number of hydrogen-bond acceptors (Lipinski definition) is 6. The standard InChI is InChI=1S/C18H26N4O4S2/c1-18(2)16(23)22(17(24)20-18)11-6-12-27-15-8-7-14(13-19-15)28(25,26)21-9-4-3-5-10-21/h7-8,13H,3-6,9-12H2,1-2H3,(H,20,24). The van der Waals surface area contributed by atoms with Crippen molar-refractivity contribution in [2.45, 2.75) is 55.0 Å². The molecule has 3 amide bonds. The van der Waals surface area contributed by atoms with E-state index in [-0.39, 0.29) is 16.8 Å². The third-order valence-corrected chi connectivity index (χ3v) is 7.79. The first-order chi connectivity index (χ1) is 13.2. The molecule has 0 spiro atoms. The highest BCUT2D eigenvalue weighted by Crippen LogP contribution is 2.23. The second-order valence-electron chi connectivity index (χ2n) is 7.51. The fourth-order valence-corrected chi connectivity index (χ4v) is 5.52. The maximum atomic E-state index is 12.6. The van der Waals surface area contributed by atoms with Gasteiger partial charge in [-0.1, -0.05) is 6.42 Å². The fraction of sp³-hybridized carbons (Fsp3) is 0.611. The predicted octanol–water partition coefficient (Wildman–Crippen LogP) is 2.07. The van der Waals surface area contributed by atoms with Gasteiger partial charge in [0.2, 0.25) is 10.0 Å². The van der Waals surface area contributed by atoms with E-state index in [9.17, 15) is 18.0 Å². The van der Waals surface area contributed by atoms with Crippen LogP contribution in [0, 0.1) is 0 Å². The molecule has 0 radical (unpaired) electrons. The third-order valence-electron chi connectivity index (χ3n) is 4.88. The second-order valence-corrected chi connectivity index (χ2v) is 10.6. The van der Waals surface area contributed by atoms with Crippen molar-refractivity contribution in [2.75, 3.05) is 25.4 Å². The molecule has 0 bridgehead atoms. The summed E-state index contributed by atoms with van der Waals surface area (Å²) in [5, 5.41) is 3.37. The van der Waals surface area contributed by atoms with Crippen molar-refractivity contribution in [3.05, 3.63) is 18.3 Å². The van der Waals surface area contributed by atoms with Crippen LogP contribution in [-0.2, 0) is 14.8 Å². The Balaban J connectivity index is 1.50. The van der Waals surface area contributed by atoms with E-state index in [0.29, 0.717) is 31.8 Å². The van der Waals surface area contributed by atoms with E-state index in [1.165, 1.54) is 27.2 Å². The van der Waals surface area contributed by atoms with Crippen LogP contribution in [0.15, 0.2) is 28.3 Å². The number of amides is 3. The van der Waals surface area contributed by atoms with Crippen molar-refractivity contribution >= 4 is 33.7 Å². The minimum absolute atomic E-state index is 0.215. The number of hydrogen-bond donors (Lipinski definition) is 1. The minimum atomic E-state index is -3.47. The quantitative estimate of drug-likeness (QED) is 0.407. The molecule has 0 unspecified atom stereocenters. The van der Waals surface area contributed by atoms with Gasteiger partial charge in [-0.25, -0.2) is 18.2 Å². The molecule has 1 aromatic rings. The first-order valence-corrected chi connectivity index (χ1v) is 11.9. The first kappa shape index (κ1) is 21.1. The van der Waals surface area contributed by atoms with E-state index in [1.807, 2.05) is 0 Å². The van der Waals surface area contributed by atoms with Crippen molar-refractivity contribution in [1.82, 2.24) is 19.5 Å². The predicted molar refractivity (Wildman–Crippen MR) is 107 cm³/mol. The summed E-state index contributed by atoms with van der Waals surface area (Å²) in [6.45, 7) is 4.86. The van der Waals surface area contributed by atoms with E-state index < -0.39 is 15.6 Å². The zero-order chi connectivity index (χ0) is 20.4. The molecular weight excluding hydrogens is 400 g/mol. The van der Waals surface area contributed by atoms with Gasteiger partial charge in [0.1, 0.15) is 10.4 Å². The van der Waals surface area contributed by atoms with Crippen molar-refractivity contribution in [1.29, 1.82) is 0 Å². The summed E-state index contributed by atoms with van der Waals surface area (Å²) >= 11 is 1.47. The molecule has 1 N–H and O–H groups in total. The van der Waals surface area contributed by atoms with Crippen LogP contribution in [0.4, 0.5) is 4.79 Å². The summed E-state index contributed by atoms with van der Waals surface area (Å²) in [7, 11) is -3.47. The van der Waals surface area contributed by atoms with Crippen LogP contribution in [0.5, 0.6) is 0 Å². The Kier molecular flexibility index (Phi) is 6.31. The third kappa shape index (κ3) is 4.49. The molecule has 2 saturated heterocycles. The molecule has 2 fully saturated rings. The molecule has 3 heterocycles. The van der Waals surface area contributed by atoms with Gasteiger partial charge >= 0.3 is 6.03 Å². The number of rotatable bonds is 7. The van der Waals surface area contributed by atoms with Crippen molar-refractivity contribution < 1.29 is 18.0 Å². The number of carbonyl (C=O) groups excluding carboxylic acids is 2. The van der Waals surface area contributed by atoms with E-state index in [2.05, 4.69) is 10.3 Å². The van der Waals surface area contributed by atoms with Gasteiger partial charge in [-0.3, -0.25) is 9.69 Å². The zero-order valence-corrected chi connectivity index (χ0v) is 17.8. The molecule has 8 nitrogen and oxygen atoms in total. The lowest BCUT2D eigenvalue weighted by atomic mass is 10.1. The summed E-state index contributed by atoms with van der Waals surface area (Å²) in [5.41, 5.74) is -0.846. The molecular formula is C18H26N4O4S2. The molecule has 0 atom stereocenters. The molecule has 2 aliphatic rings. The number of aromatic nitrogens is 1. The summed E-state index contributed by atoms with van der Waals surface area (Å²) < 4.78 is 26.8. The van der Waals surface area contributed by atoms with E-state index >= 15 is 0 Å². The molecule has 0 saturated carbocycles. The molecule has 2 aliphatic heterocycles. The number of sulfonamides is 1. The molecule has 0 aromatic carbocycles. The fourth-order valence-electron chi connectivity index (χ4n) is 3.28. The Morgan fingerprint density at radius 2 is 1.89 bits per heavy atom. The Bertz CT molecular complexity index is 834. The number of imide groups is 1. The van der Waals surface area contributed by atoms with Gasteiger partial charge < -0.3 is 5.32 Å². The number of nitrogens with one attached hydrogen (secondary N) is 1. The lowest BCUT2D eigenvalue weighted by Gasteiger charge is -2.25. The van der Waals surface area contributed by atoms with Crippen molar-refractivity contribution in [2.24, 2.45) is 0 Å². The van der Waals surface area contributed by atoms with Gasteiger partial charge in [-0.05, 0) is 45.2 Å². The second kappa shape index (κ2) is 8.38. The van der Waals surface area contributed by atoms with E-state index in [1.54, 1.807) is 26.0 Å². The molecule has 28 heavy (non-hydrogen) atoms. The smallest absolute Gasteiger partial charge is 0.324 e. The van der Waals surface area contributed by atoms with Crippen LogP contribution in [0.2, 0.25) is 0 Å². The number of pyridine rings is 1. The Labute approximate surface area is 170 Å². The van der Waals surface area contributed by atoms with Crippen LogP contribution in [0.3, 0.4) is 0 Å². The molecule has 0 aliphatic carbocycles. The number of urea groups is 1. The van der Waals surface area contributed by atoms with Crippen LogP contribution >= 0.6 is 11.8 Å². The Hall–Kier alpha value is -1.65. The molecule has 154 valence electrons. The normalized spacial score (nSPS) is 20.4. The van der Waals surface area contributed by atoms with E-state index in [4.69, 9.17) is 0 Å². The monoisotopic (exact) mass is 426 g/mol. The maximum Gasteiger partial charge on any atom is 0.325 e. The average Bonchev–Trinajstić information content (AvgIpc) is 2.87. The van der Waals surface area contributed by atoms with Gasteiger partial charge in [-0.2, -0.15) is 4.31 Å². The summed E-state index contributed by atoms with van der Waals surface area (Å²) in [6.07, 6.45) is 4.91. The van der Waals surface area contributed by atoms with Crippen molar-refractivity contribution in [3.8, 4) is 0 Å². The van der Waals surface area contributed by atoms with Gasteiger partial charge in [0, 0.05) is 31.6 Å². The highest BCUT2D eigenvalue weighted by atomic mass is 32.2. The summed E-state index contributed by atoms with van der Waals surface area (Å²) in [4.78, 5) is 29.7. The topological polar surface area (TPSA) is 99.7 Å². The number of piperidine rings is 1. The lowest BCUT2D eigenvalue weighted by Crippen LogP contribution is -2.40. The highest BCUT2D eigenvalue weighted by Gasteiger charge is 2.43. The van der Waals surface area contributed by atoms with Gasteiger partial charge in [0.05, 0.1) is 5.03 Å². The van der Waals surface area contributed by atoms with Gasteiger partial charge in [0.25, 0.3) is 5.91 Å². The SMILES string of the molecule is CC1(C)NC(=O)N(CCCSc2ccc(S(=O)(=O)N3CCCCC3)cn2)C1=O. The van der Waals surface area contributed by atoms with Crippen LogP contribution in [0.1, 0.15) is 39.5 Å². The van der Waals surface area contributed by atoms with Crippen LogP contribution in [-0.4, -0.2) is 65.5 Å². The summed E-state index contributed by atoms with van der Waals surface area (Å²) in [5.74, 6) is 0.454. The molecule has 10 heteroatoms. The largest absolute Gasteiger partial charge is 0.325 e. The average molecular weight is 427 g/mol. The number of nitrogens with zero attached hydrogens (tertiary/aromatic N) is 3. The lowest BCUT2D eigenvalue weighted by molar-refractivity contribution is -0.130. The number of carbonyl (C=O) groups is 2. The van der Waals surface area contributed by atoms with Crippen LogP contribution < -0.4 is 5.32 Å². The Morgan fingerprint density at radius 1 is 1.18 bits per heavy atom. The zero-order valence-electron chi connectivity index (χ0n) is 16.2. The minimum Gasteiger partial charge on any atom is -0.324 e. The van der Waals surface area contributed by atoms with Gasteiger partial charge in [0.15, 0.2) is 0 Å². The Morgan fingerprint density at radius 3 is 2.46 bits per heavy atom. The molecule has 1 aromatic heterocycles.